The lowest BCUT2D eigenvalue weighted by atomic mass is 10.1. The van der Waals surface area contributed by atoms with E-state index in [2.05, 4.69) is 26.4 Å². The second kappa shape index (κ2) is 5.89. The maximum atomic E-state index is 9.28. The summed E-state index contributed by atoms with van der Waals surface area (Å²) in [5.74, 6) is 0.962. The summed E-state index contributed by atoms with van der Waals surface area (Å²) in [5, 5.41) is 9.28. The van der Waals surface area contributed by atoms with Crippen LogP contribution in [0, 0.1) is 0 Å². The van der Waals surface area contributed by atoms with Crippen LogP contribution >= 0.6 is 0 Å². The Morgan fingerprint density at radius 1 is 1.45 bits per heavy atom. The summed E-state index contributed by atoms with van der Waals surface area (Å²) in [4.78, 5) is 11.6. The summed E-state index contributed by atoms with van der Waals surface area (Å²) in [6, 6.07) is 4.34. The number of aliphatic hydroxyl groups excluding tert-OH is 1. The molecule has 1 aliphatic rings. The van der Waals surface area contributed by atoms with E-state index in [9.17, 15) is 5.11 Å². The summed E-state index contributed by atoms with van der Waals surface area (Å²) in [5.41, 5.74) is 1.89. The lowest BCUT2D eigenvalue weighted by Crippen LogP contribution is -2.37. The largest absolute Gasteiger partial charge is 0.396 e. The number of likely N-dealkylation sites (tertiary alicyclic amines) is 1. The number of piperidine rings is 1. The molecule has 0 radical (unpaired) electrons. The van der Waals surface area contributed by atoms with Crippen molar-refractivity contribution in [1.82, 2.24) is 19.4 Å². The minimum absolute atomic E-state index is 0.132. The molecule has 0 bridgehead atoms. The Balaban J connectivity index is 2.01. The summed E-state index contributed by atoms with van der Waals surface area (Å²) < 4.78 is 2.26. The van der Waals surface area contributed by atoms with Gasteiger partial charge in [0.15, 0.2) is 5.65 Å². The summed E-state index contributed by atoms with van der Waals surface area (Å²) in [6.07, 6.45) is 4.79. The lowest BCUT2D eigenvalue weighted by Gasteiger charge is -2.33. The van der Waals surface area contributed by atoms with Crippen LogP contribution < -0.4 is 0 Å². The normalized spacial score (nSPS) is 20.6. The maximum absolute atomic E-state index is 9.28. The second-order valence-electron chi connectivity index (χ2n) is 5.41. The second-order valence-corrected chi connectivity index (χ2v) is 5.41. The Hall–Kier alpha value is -1.46. The molecular weight excluding hydrogens is 252 g/mol. The van der Waals surface area contributed by atoms with E-state index < -0.39 is 0 Å². The van der Waals surface area contributed by atoms with E-state index in [1.807, 2.05) is 18.3 Å². The molecule has 1 atom stereocenters. The van der Waals surface area contributed by atoms with Gasteiger partial charge in [-0.1, -0.05) is 6.92 Å². The molecule has 1 saturated heterocycles. The Kier molecular flexibility index (Phi) is 3.98. The Morgan fingerprint density at radius 2 is 2.35 bits per heavy atom. The summed E-state index contributed by atoms with van der Waals surface area (Å²) in [6.45, 7) is 5.67. The summed E-state index contributed by atoms with van der Waals surface area (Å²) in [7, 11) is 0. The van der Waals surface area contributed by atoms with Crippen molar-refractivity contribution in [3.63, 3.8) is 0 Å². The van der Waals surface area contributed by atoms with Gasteiger partial charge in [0.2, 0.25) is 0 Å². The first-order valence-electron chi connectivity index (χ1n) is 7.48. The standard InChI is InChI=1S/C15H22N4O/c1-2-18-9-4-5-12(11-18)19-14(7-10-20)17-13-6-3-8-16-15(13)19/h3,6,8,12,20H,2,4-5,7,9-11H2,1H3. The van der Waals surface area contributed by atoms with E-state index in [-0.39, 0.29) is 6.61 Å². The molecule has 108 valence electrons. The quantitative estimate of drug-likeness (QED) is 0.920. The van der Waals surface area contributed by atoms with Crippen molar-refractivity contribution in [3.05, 3.63) is 24.2 Å². The van der Waals surface area contributed by atoms with E-state index in [4.69, 9.17) is 0 Å². The average molecular weight is 274 g/mol. The highest BCUT2D eigenvalue weighted by atomic mass is 16.3. The van der Waals surface area contributed by atoms with Gasteiger partial charge in [0.05, 0.1) is 6.61 Å². The van der Waals surface area contributed by atoms with Crippen molar-refractivity contribution in [1.29, 1.82) is 0 Å². The van der Waals surface area contributed by atoms with Gasteiger partial charge in [-0.15, -0.1) is 0 Å². The van der Waals surface area contributed by atoms with Crippen molar-refractivity contribution >= 4 is 11.2 Å². The monoisotopic (exact) mass is 274 g/mol. The van der Waals surface area contributed by atoms with Crippen molar-refractivity contribution in [2.45, 2.75) is 32.2 Å². The van der Waals surface area contributed by atoms with Gasteiger partial charge in [-0.25, -0.2) is 9.97 Å². The van der Waals surface area contributed by atoms with Gasteiger partial charge in [-0.2, -0.15) is 0 Å². The molecule has 5 heteroatoms. The van der Waals surface area contributed by atoms with Crippen LogP contribution in [-0.2, 0) is 6.42 Å². The van der Waals surface area contributed by atoms with Crippen LogP contribution in [0.5, 0.6) is 0 Å². The van der Waals surface area contributed by atoms with Gasteiger partial charge in [0.1, 0.15) is 11.3 Å². The first kappa shape index (κ1) is 13.5. The SMILES string of the molecule is CCN1CCCC(n2c(CCO)nc3cccnc32)C1. The van der Waals surface area contributed by atoms with Crippen molar-refractivity contribution in [3.8, 4) is 0 Å². The molecular formula is C15H22N4O. The molecule has 2 aromatic rings. The third kappa shape index (κ3) is 2.43. The number of likely N-dealkylation sites (N-methyl/N-ethyl adjacent to an activating group) is 1. The van der Waals surface area contributed by atoms with Gasteiger partial charge >= 0.3 is 0 Å². The van der Waals surface area contributed by atoms with Crippen LogP contribution in [-0.4, -0.2) is 50.8 Å². The molecule has 0 amide bonds. The Labute approximate surface area is 119 Å². The maximum Gasteiger partial charge on any atom is 0.160 e. The number of aliphatic hydroxyl groups is 1. The fourth-order valence-corrected chi connectivity index (χ4v) is 3.17. The van der Waals surface area contributed by atoms with Crippen LogP contribution in [0.4, 0.5) is 0 Å². The van der Waals surface area contributed by atoms with E-state index in [0.717, 1.165) is 36.5 Å². The number of hydrogen-bond acceptors (Lipinski definition) is 4. The van der Waals surface area contributed by atoms with E-state index in [1.165, 1.54) is 13.0 Å². The van der Waals surface area contributed by atoms with E-state index in [0.29, 0.717) is 12.5 Å². The number of fused-ring (bicyclic) bond motifs is 1. The zero-order valence-electron chi connectivity index (χ0n) is 12.0. The van der Waals surface area contributed by atoms with Crippen LogP contribution in [0.15, 0.2) is 18.3 Å². The Bertz CT molecular complexity index is 580. The molecule has 1 fully saturated rings. The minimum atomic E-state index is 0.132. The molecule has 20 heavy (non-hydrogen) atoms. The van der Waals surface area contributed by atoms with Gasteiger partial charge in [-0.3, -0.25) is 0 Å². The number of rotatable bonds is 4. The molecule has 1 unspecified atom stereocenters. The van der Waals surface area contributed by atoms with Crippen LogP contribution in [0.25, 0.3) is 11.2 Å². The van der Waals surface area contributed by atoms with Crippen molar-refractivity contribution in [2.24, 2.45) is 0 Å². The van der Waals surface area contributed by atoms with Gasteiger partial charge in [0.25, 0.3) is 0 Å². The lowest BCUT2D eigenvalue weighted by molar-refractivity contribution is 0.184. The molecule has 0 spiro atoms. The molecule has 2 aromatic heterocycles. The minimum Gasteiger partial charge on any atom is -0.396 e. The van der Waals surface area contributed by atoms with Crippen molar-refractivity contribution in [2.75, 3.05) is 26.2 Å². The number of pyridine rings is 1. The van der Waals surface area contributed by atoms with Crippen LogP contribution in [0.3, 0.4) is 0 Å². The summed E-state index contributed by atoms with van der Waals surface area (Å²) >= 11 is 0. The predicted octanol–water partition coefficient (Wildman–Crippen LogP) is 1.62. The fourth-order valence-electron chi connectivity index (χ4n) is 3.17. The third-order valence-corrected chi connectivity index (χ3v) is 4.15. The highest BCUT2D eigenvalue weighted by Crippen LogP contribution is 2.27. The van der Waals surface area contributed by atoms with Crippen LogP contribution in [0.2, 0.25) is 0 Å². The van der Waals surface area contributed by atoms with Crippen molar-refractivity contribution < 1.29 is 5.11 Å². The van der Waals surface area contributed by atoms with Crippen LogP contribution in [0.1, 0.15) is 31.6 Å². The molecule has 5 nitrogen and oxygen atoms in total. The molecule has 0 saturated carbocycles. The first-order chi connectivity index (χ1) is 9.83. The topological polar surface area (TPSA) is 54.2 Å². The number of aromatic nitrogens is 3. The zero-order valence-corrected chi connectivity index (χ0v) is 12.0. The molecule has 0 aliphatic carbocycles. The molecule has 3 heterocycles. The number of hydrogen-bond donors (Lipinski definition) is 1. The fraction of sp³-hybridized carbons (Fsp3) is 0.600. The molecule has 0 aromatic carbocycles. The van der Waals surface area contributed by atoms with E-state index >= 15 is 0 Å². The Morgan fingerprint density at radius 3 is 3.15 bits per heavy atom. The van der Waals surface area contributed by atoms with Gasteiger partial charge < -0.3 is 14.6 Å². The van der Waals surface area contributed by atoms with Gasteiger partial charge in [-0.05, 0) is 38.1 Å². The zero-order chi connectivity index (χ0) is 13.9. The van der Waals surface area contributed by atoms with Gasteiger partial charge in [0, 0.05) is 25.2 Å². The number of nitrogens with zero attached hydrogens (tertiary/aromatic N) is 4. The average Bonchev–Trinajstić information content (AvgIpc) is 2.85. The molecule has 1 aliphatic heterocycles. The molecule has 1 N–H and O–H groups in total. The highest BCUT2D eigenvalue weighted by molar-refractivity contribution is 5.71. The smallest absolute Gasteiger partial charge is 0.160 e. The highest BCUT2D eigenvalue weighted by Gasteiger charge is 2.24. The molecule has 3 rings (SSSR count). The number of imidazole rings is 1. The first-order valence-corrected chi connectivity index (χ1v) is 7.48. The predicted molar refractivity (Wildman–Crippen MR) is 78.7 cm³/mol. The van der Waals surface area contributed by atoms with E-state index in [1.54, 1.807) is 0 Å². The third-order valence-electron chi connectivity index (χ3n) is 4.15.